The van der Waals surface area contributed by atoms with Gasteiger partial charge >= 0.3 is 0 Å². The normalized spacial score (nSPS) is 14.8. The summed E-state index contributed by atoms with van der Waals surface area (Å²) < 4.78 is 8.10. The predicted molar refractivity (Wildman–Crippen MR) is 124 cm³/mol. The van der Waals surface area contributed by atoms with Crippen LogP contribution in [0, 0.1) is 0 Å². The highest BCUT2D eigenvalue weighted by atomic mass is 32.2. The van der Waals surface area contributed by atoms with Crippen molar-refractivity contribution >= 4 is 17.7 Å². The second-order valence-corrected chi connectivity index (χ2v) is 8.23. The lowest BCUT2D eigenvalue weighted by Crippen LogP contribution is -2.38. The van der Waals surface area contributed by atoms with E-state index >= 15 is 0 Å². The lowest BCUT2D eigenvalue weighted by atomic mass is 10.2. The lowest BCUT2D eigenvalue weighted by molar-refractivity contribution is 0.311. The highest BCUT2D eigenvalue weighted by Gasteiger charge is 2.23. The summed E-state index contributed by atoms with van der Waals surface area (Å²) in [4.78, 5) is 4.30. The standard InChI is InChI=1S/C22H34N6OS/c1-23-21(25-16-9-17-29-19-12-4-3-5-13-19)24-15-8-14-20-26-27-22(30-2)28(20)18-10-6-7-11-18/h3-5,12-13,18H,6-11,14-17H2,1-2H3,(H2,23,24,25). The fraction of sp³-hybridized carbons (Fsp3) is 0.591. The molecule has 0 unspecified atom stereocenters. The van der Waals surface area contributed by atoms with Gasteiger partial charge in [-0.15, -0.1) is 10.2 Å². The molecule has 30 heavy (non-hydrogen) atoms. The molecule has 164 valence electrons. The topological polar surface area (TPSA) is 76.4 Å². The number of guanidine groups is 1. The van der Waals surface area contributed by atoms with E-state index in [1.165, 1.54) is 25.7 Å². The van der Waals surface area contributed by atoms with Gasteiger partial charge < -0.3 is 19.9 Å². The van der Waals surface area contributed by atoms with Crippen LogP contribution in [0.3, 0.4) is 0 Å². The van der Waals surface area contributed by atoms with E-state index in [1.54, 1.807) is 18.8 Å². The Labute approximate surface area is 184 Å². The summed E-state index contributed by atoms with van der Waals surface area (Å²) in [7, 11) is 1.80. The second kappa shape index (κ2) is 12.5. The smallest absolute Gasteiger partial charge is 0.191 e. The van der Waals surface area contributed by atoms with Crippen LogP contribution in [0.5, 0.6) is 5.75 Å². The summed E-state index contributed by atoms with van der Waals surface area (Å²) in [5.74, 6) is 2.86. The van der Waals surface area contributed by atoms with Crippen LogP contribution in [0.15, 0.2) is 40.5 Å². The molecule has 1 aliphatic rings. The molecule has 0 bridgehead atoms. The van der Waals surface area contributed by atoms with E-state index in [9.17, 15) is 0 Å². The number of para-hydroxylation sites is 1. The molecule has 3 rings (SSSR count). The third kappa shape index (κ3) is 6.65. The molecule has 0 radical (unpaired) electrons. The zero-order chi connectivity index (χ0) is 21.0. The first kappa shape index (κ1) is 22.5. The van der Waals surface area contributed by atoms with Crippen LogP contribution in [0.4, 0.5) is 0 Å². The third-order valence-corrected chi connectivity index (χ3v) is 5.97. The maximum atomic E-state index is 5.72. The molecule has 1 aromatic heterocycles. The first-order chi connectivity index (χ1) is 14.8. The maximum absolute atomic E-state index is 5.72. The van der Waals surface area contributed by atoms with Crippen molar-refractivity contribution in [3.8, 4) is 5.75 Å². The van der Waals surface area contributed by atoms with Gasteiger partial charge in [-0.25, -0.2) is 0 Å². The van der Waals surface area contributed by atoms with Crippen molar-refractivity contribution < 1.29 is 4.74 Å². The molecule has 0 aliphatic heterocycles. The molecular formula is C22H34N6OS. The van der Waals surface area contributed by atoms with Crippen molar-refractivity contribution in [2.24, 2.45) is 4.99 Å². The van der Waals surface area contributed by atoms with Gasteiger partial charge in [0.2, 0.25) is 0 Å². The molecule has 1 fully saturated rings. The maximum Gasteiger partial charge on any atom is 0.191 e. The third-order valence-electron chi connectivity index (χ3n) is 5.33. The molecule has 1 heterocycles. The van der Waals surface area contributed by atoms with Crippen molar-refractivity contribution in [3.05, 3.63) is 36.2 Å². The molecule has 1 aromatic carbocycles. The number of rotatable bonds is 11. The first-order valence-electron chi connectivity index (χ1n) is 10.9. The van der Waals surface area contributed by atoms with Gasteiger partial charge in [-0.3, -0.25) is 4.99 Å². The highest BCUT2D eigenvalue weighted by Crippen LogP contribution is 2.33. The van der Waals surface area contributed by atoms with Crippen LogP contribution >= 0.6 is 11.8 Å². The number of ether oxygens (including phenoxy) is 1. The molecule has 1 aliphatic carbocycles. The summed E-state index contributed by atoms with van der Waals surface area (Å²) in [5.41, 5.74) is 0. The van der Waals surface area contributed by atoms with E-state index in [0.29, 0.717) is 12.6 Å². The fourth-order valence-corrected chi connectivity index (χ4v) is 4.38. The molecular weight excluding hydrogens is 396 g/mol. The number of nitrogens with one attached hydrogen (secondary N) is 2. The van der Waals surface area contributed by atoms with Crippen LogP contribution in [0.1, 0.15) is 50.4 Å². The van der Waals surface area contributed by atoms with Crippen LogP contribution in [0.2, 0.25) is 0 Å². The average Bonchev–Trinajstić information content (AvgIpc) is 3.45. The van der Waals surface area contributed by atoms with Gasteiger partial charge in [0.25, 0.3) is 0 Å². The van der Waals surface area contributed by atoms with Crippen molar-refractivity contribution in [2.75, 3.05) is 33.0 Å². The Bertz CT molecular complexity index is 773. The summed E-state index contributed by atoms with van der Waals surface area (Å²) >= 11 is 1.70. The van der Waals surface area contributed by atoms with Gasteiger partial charge in [0.05, 0.1) is 6.61 Å². The zero-order valence-corrected chi connectivity index (χ0v) is 19.0. The lowest BCUT2D eigenvalue weighted by Gasteiger charge is -2.16. The minimum absolute atomic E-state index is 0.581. The highest BCUT2D eigenvalue weighted by molar-refractivity contribution is 7.98. The number of aliphatic imine (C=N–C) groups is 1. The number of benzene rings is 1. The van der Waals surface area contributed by atoms with Gasteiger partial charge in [-0.1, -0.05) is 42.8 Å². The van der Waals surface area contributed by atoms with Crippen LogP contribution in [-0.4, -0.2) is 53.7 Å². The van der Waals surface area contributed by atoms with E-state index in [0.717, 1.165) is 55.0 Å². The van der Waals surface area contributed by atoms with Gasteiger partial charge in [0, 0.05) is 32.6 Å². The van der Waals surface area contributed by atoms with Crippen molar-refractivity contribution in [2.45, 2.75) is 56.1 Å². The molecule has 2 N–H and O–H groups in total. The van der Waals surface area contributed by atoms with Gasteiger partial charge in [0.15, 0.2) is 11.1 Å². The van der Waals surface area contributed by atoms with Crippen LogP contribution in [-0.2, 0) is 6.42 Å². The van der Waals surface area contributed by atoms with Crippen molar-refractivity contribution in [1.82, 2.24) is 25.4 Å². The Kier molecular flexibility index (Phi) is 9.34. The number of aromatic nitrogens is 3. The molecule has 0 spiro atoms. The minimum Gasteiger partial charge on any atom is -0.494 e. The molecule has 0 atom stereocenters. The number of nitrogens with zero attached hydrogens (tertiary/aromatic N) is 4. The van der Waals surface area contributed by atoms with Gasteiger partial charge in [-0.2, -0.15) is 0 Å². The molecule has 0 amide bonds. The van der Waals surface area contributed by atoms with Crippen LogP contribution < -0.4 is 15.4 Å². The first-order valence-corrected chi connectivity index (χ1v) is 12.1. The molecule has 0 saturated heterocycles. The Morgan fingerprint density at radius 1 is 1.13 bits per heavy atom. The summed E-state index contributed by atoms with van der Waals surface area (Å²) in [6.45, 7) is 2.36. The fourth-order valence-electron chi connectivity index (χ4n) is 3.81. The Morgan fingerprint density at radius 3 is 2.57 bits per heavy atom. The summed E-state index contributed by atoms with van der Waals surface area (Å²) in [6.07, 6.45) is 10.1. The van der Waals surface area contributed by atoms with Crippen molar-refractivity contribution in [3.63, 3.8) is 0 Å². The number of hydrogen-bond acceptors (Lipinski definition) is 5. The van der Waals surface area contributed by atoms with Crippen LogP contribution in [0.25, 0.3) is 0 Å². The van der Waals surface area contributed by atoms with Gasteiger partial charge in [-0.05, 0) is 44.1 Å². The van der Waals surface area contributed by atoms with E-state index in [1.807, 2.05) is 30.3 Å². The number of hydrogen-bond donors (Lipinski definition) is 2. The molecule has 1 saturated carbocycles. The van der Waals surface area contributed by atoms with E-state index in [2.05, 4.69) is 36.6 Å². The SMILES string of the molecule is CN=C(NCCCOc1ccccc1)NCCCc1nnc(SC)n1C1CCCC1. The summed E-state index contributed by atoms with van der Waals surface area (Å²) in [5, 5.41) is 16.7. The minimum atomic E-state index is 0.581. The summed E-state index contributed by atoms with van der Waals surface area (Å²) in [6, 6.07) is 10.5. The number of thioether (sulfide) groups is 1. The van der Waals surface area contributed by atoms with E-state index in [-0.39, 0.29) is 0 Å². The van der Waals surface area contributed by atoms with E-state index in [4.69, 9.17) is 4.74 Å². The van der Waals surface area contributed by atoms with Crippen molar-refractivity contribution in [1.29, 1.82) is 0 Å². The molecule has 7 nitrogen and oxygen atoms in total. The monoisotopic (exact) mass is 430 g/mol. The molecule has 8 heteroatoms. The Balaban J connectivity index is 1.34. The number of aryl methyl sites for hydroxylation is 1. The zero-order valence-electron chi connectivity index (χ0n) is 18.1. The second-order valence-electron chi connectivity index (χ2n) is 7.46. The molecule has 2 aromatic rings. The van der Waals surface area contributed by atoms with Gasteiger partial charge in [0.1, 0.15) is 11.6 Å². The largest absolute Gasteiger partial charge is 0.494 e. The quantitative estimate of drug-likeness (QED) is 0.245. The average molecular weight is 431 g/mol. The Morgan fingerprint density at radius 2 is 1.87 bits per heavy atom. The Hall–Kier alpha value is -2.22. The van der Waals surface area contributed by atoms with E-state index < -0.39 is 0 Å². The predicted octanol–water partition coefficient (Wildman–Crippen LogP) is 3.68.